The van der Waals surface area contributed by atoms with Crippen LogP contribution in [0.1, 0.15) is 177 Å². The molecule has 6 aromatic rings. The summed E-state index contributed by atoms with van der Waals surface area (Å²) in [7, 11) is 0. The molecule has 0 aliphatic rings. The third-order valence-electron chi connectivity index (χ3n) is 13.2. The largest absolute Gasteiger partial charge is 0.508 e. The molecule has 6 aromatic carbocycles. The van der Waals surface area contributed by atoms with E-state index in [1.54, 1.807) is 24.3 Å². The Labute approximate surface area is 407 Å². The lowest BCUT2D eigenvalue weighted by Gasteiger charge is -2.27. The summed E-state index contributed by atoms with van der Waals surface area (Å²) in [6.45, 7) is 20.2. The summed E-state index contributed by atoms with van der Waals surface area (Å²) >= 11 is 0. The molecule has 0 amide bonds. The molecule has 0 aliphatic carbocycles. The van der Waals surface area contributed by atoms with Crippen molar-refractivity contribution in [2.45, 2.75) is 143 Å². The van der Waals surface area contributed by atoms with Gasteiger partial charge in [0.15, 0.2) is 0 Å². The Hall–Kier alpha value is -6.14. The Morgan fingerprint density at radius 3 is 0.985 bits per heavy atom. The van der Waals surface area contributed by atoms with Crippen LogP contribution in [-0.2, 0) is 9.59 Å². The van der Waals surface area contributed by atoms with Crippen LogP contribution in [0.15, 0.2) is 158 Å². The van der Waals surface area contributed by atoms with Gasteiger partial charge in [-0.15, -0.1) is 0 Å². The number of esters is 2. The van der Waals surface area contributed by atoms with Crippen molar-refractivity contribution in [3.8, 4) is 23.0 Å². The zero-order valence-corrected chi connectivity index (χ0v) is 42.2. The topological polar surface area (TPSA) is 93.1 Å². The molecule has 0 fully saturated rings. The molecule has 2 N–H and O–H groups in total. The van der Waals surface area contributed by atoms with Crippen LogP contribution in [-0.4, -0.2) is 22.2 Å². The van der Waals surface area contributed by atoms with E-state index in [9.17, 15) is 19.8 Å². The van der Waals surface area contributed by atoms with Crippen LogP contribution < -0.4 is 9.47 Å². The van der Waals surface area contributed by atoms with E-state index >= 15 is 0 Å². The number of aromatic hydroxyl groups is 2. The third-order valence-corrected chi connectivity index (χ3v) is 13.2. The lowest BCUT2D eigenvalue weighted by atomic mass is 9.78. The molecule has 0 saturated carbocycles. The normalized spacial score (nSPS) is 14.3. The number of carbonyl (C=O) groups is 2. The van der Waals surface area contributed by atoms with Crippen molar-refractivity contribution >= 4 is 11.9 Å². The van der Waals surface area contributed by atoms with E-state index in [-0.39, 0.29) is 11.9 Å². The maximum absolute atomic E-state index is 12.3. The summed E-state index contributed by atoms with van der Waals surface area (Å²) in [5, 5.41) is 19.5. The van der Waals surface area contributed by atoms with Crippen molar-refractivity contribution in [1.82, 2.24) is 0 Å². The molecular formula is C62H76O6. The minimum Gasteiger partial charge on any atom is -0.508 e. The van der Waals surface area contributed by atoms with Crippen LogP contribution in [0.5, 0.6) is 23.0 Å². The molecule has 6 rings (SSSR count). The second kappa shape index (κ2) is 24.8. The Bertz CT molecular complexity index is 2410. The number of benzene rings is 6. The van der Waals surface area contributed by atoms with Gasteiger partial charge in [0.1, 0.15) is 23.0 Å². The van der Waals surface area contributed by atoms with E-state index in [0.717, 1.165) is 38.5 Å². The summed E-state index contributed by atoms with van der Waals surface area (Å²) in [5.74, 6) is 3.64. The monoisotopic (exact) mass is 917 g/mol. The maximum Gasteiger partial charge on any atom is 0.316 e. The molecule has 0 radical (unpaired) electrons. The van der Waals surface area contributed by atoms with Crippen molar-refractivity contribution in [3.63, 3.8) is 0 Å². The van der Waals surface area contributed by atoms with Gasteiger partial charge in [0.25, 0.3) is 0 Å². The summed E-state index contributed by atoms with van der Waals surface area (Å²) in [5.41, 5.74) is 6.67. The van der Waals surface area contributed by atoms with E-state index in [2.05, 4.69) is 125 Å². The van der Waals surface area contributed by atoms with Crippen molar-refractivity contribution in [2.24, 2.45) is 10.8 Å². The highest BCUT2D eigenvalue weighted by molar-refractivity contribution is 5.78. The quantitative estimate of drug-likeness (QED) is 0.0659. The number of ether oxygens (including phenoxy) is 2. The van der Waals surface area contributed by atoms with E-state index < -0.39 is 10.8 Å². The molecule has 6 unspecified atom stereocenters. The van der Waals surface area contributed by atoms with Gasteiger partial charge in [-0.1, -0.05) is 137 Å². The Kier molecular flexibility index (Phi) is 19.2. The fraction of sp³-hybridized carbons (Fsp3) is 0.387. The fourth-order valence-electron chi connectivity index (χ4n) is 8.82. The zero-order chi connectivity index (χ0) is 49.4. The van der Waals surface area contributed by atoms with Crippen molar-refractivity contribution in [2.75, 3.05) is 0 Å². The number of carbonyl (C=O) groups excluding carboxylic acids is 2. The minimum atomic E-state index is -0.537. The van der Waals surface area contributed by atoms with Crippen LogP contribution in [0, 0.1) is 10.8 Å². The molecule has 360 valence electrons. The van der Waals surface area contributed by atoms with Crippen LogP contribution in [0.2, 0.25) is 0 Å². The van der Waals surface area contributed by atoms with Crippen LogP contribution in [0.25, 0.3) is 0 Å². The molecular weight excluding hydrogens is 841 g/mol. The SMILES string of the molecule is CCC(CC(CC(C)c1ccc(O)cc1)c1ccc(OC(=O)C(C)(C)C)cc1)c1ccccc1.CCC(CC(CC(C)c1ccc(OC(=O)C(C)(C)C)cc1)c1ccc(O)cc1)c1ccccc1. The van der Waals surface area contributed by atoms with Gasteiger partial charge in [-0.25, -0.2) is 0 Å². The summed E-state index contributed by atoms with van der Waals surface area (Å²) in [4.78, 5) is 24.5. The number of rotatable bonds is 18. The molecule has 0 aromatic heterocycles. The highest BCUT2D eigenvalue weighted by Crippen LogP contribution is 2.41. The van der Waals surface area contributed by atoms with Gasteiger partial charge in [-0.2, -0.15) is 0 Å². The number of phenolic OH excluding ortho intramolecular Hbond substituents is 2. The smallest absolute Gasteiger partial charge is 0.316 e. The molecule has 6 heteroatoms. The predicted octanol–water partition coefficient (Wildman–Crippen LogP) is 16.4. The number of hydrogen-bond acceptors (Lipinski definition) is 6. The minimum absolute atomic E-state index is 0.229. The molecule has 68 heavy (non-hydrogen) atoms. The summed E-state index contributed by atoms with van der Waals surface area (Å²) < 4.78 is 11.1. The number of phenols is 2. The summed E-state index contributed by atoms with van der Waals surface area (Å²) in [6.07, 6.45) is 6.25. The zero-order valence-electron chi connectivity index (χ0n) is 42.2. The van der Waals surface area contributed by atoms with E-state index in [0.29, 0.717) is 58.5 Å². The van der Waals surface area contributed by atoms with Crippen LogP contribution >= 0.6 is 0 Å². The Morgan fingerprint density at radius 1 is 0.397 bits per heavy atom. The molecule has 0 bridgehead atoms. The first-order chi connectivity index (χ1) is 32.3. The van der Waals surface area contributed by atoms with E-state index in [1.165, 1.54) is 33.4 Å². The second-order valence-corrected chi connectivity index (χ2v) is 20.8. The second-order valence-electron chi connectivity index (χ2n) is 20.8. The first kappa shape index (κ1) is 52.8. The van der Waals surface area contributed by atoms with Gasteiger partial charge in [-0.05, 0) is 197 Å². The molecule has 0 aliphatic heterocycles. The lowest BCUT2D eigenvalue weighted by Crippen LogP contribution is -2.25. The van der Waals surface area contributed by atoms with Gasteiger partial charge < -0.3 is 19.7 Å². The average Bonchev–Trinajstić information content (AvgIpc) is 3.32. The van der Waals surface area contributed by atoms with Gasteiger partial charge in [0.2, 0.25) is 0 Å². The van der Waals surface area contributed by atoms with Crippen LogP contribution in [0.3, 0.4) is 0 Å². The molecule has 6 atom stereocenters. The van der Waals surface area contributed by atoms with Gasteiger partial charge in [0, 0.05) is 0 Å². The lowest BCUT2D eigenvalue weighted by molar-refractivity contribution is -0.143. The predicted molar refractivity (Wildman–Crippen MR) is 279 cm³/mol. The highest BCUT2D eigenvalue weighted by atomic mass is 16.5. The van der Waals surface area contributed by atoms with Crippen molar-refractivity contribution in [1.29, 1.82) is 0 Å². The van der Waals surface area contributed by atoms with Crippen LogP contribution in [0.4, 0.5) is 0 Å². The molecule has 0 saturated heterocycles. The standard InChI is InChI=1S/2C31H38O3/c1-6-23(25-10-8-7-9-11-25)21-27(26-12-16-28(32)17-13-26)20-22(2)24-14-18-29(19-15-24)34-30(33)31(3,4)5;1-6-23(25-10-8-7-9-11-25)21-27(20-22(2)24-12-16-28(32)17-13-24)26-14-18-29(19-15-26)34-30(33)31(3,4)5/h2*7-19,22-23,27,32H,6,20-21H2,1-5H3. The van der Waals surface area contributed by atoms with Crippen molar-refractivity contribution < 1.29 is 29.3 Å². The molecule has 6 nitrogen and oxygen atoms in total. The average molecular weight is 917 g/mol. The first-order valence-corrected chi connectivity index (χ1v) is 24.7. The van der Waals surface area contributed by atoms with Crippen molar-refractivity contribution in [3.05, 3.63) is 191 Å². The molecule has 0 spiro atoms. The Morgan fingerprint density at radius 2 is 0.676 bits per heavy atom. The summed E-state index contributed by atoms with van der Waals surface area (Å²) in [6, 6.07) is 52.7. The van der Waals surface area contributed by atoms with Gasteiger partial charge >= 0.3 is 11.9 Å². The van der Waals surface area contributed by atoms with E-state index in [1.807, 2.05) is 77.9 Å². The Balaban J connectivity index is 0.000000254. The first-order valence-electron chi connectivity index (χ1n) is 24.7. The van der Waals surface area contributed by atoms with E-state index in [4.69, 9.17) is 9.47 Å². The van der Waals surface area contributed by atoms with Gasteiger partial charge in [-0.3, -0.25) is 9.59 Å². The number of hydrogen-bond donors (Lipinski definition) is 2. The highest BCUT2D eigenvalue weighted by Gasteiger charge is 2.27. The fourth-order valence-corrected chi connectivity index (χ4v) is 8.82. The van der Waals surface area contributed by atoms with Gasteiger partial charge in [0.05, 0.1) is 10.8 Å². The maximum atomic E-state index is 12.3. The third kappa shape index (κ3) is 16.0. The molecule has 0 heterocycles.